The van der Waals surface area contributed by atoms with Crippen molar-refractivity contribution in [1.82, 2.24) is 10.2 Å². The normalized spacial score (nSPS) is 23.8. The molecule has 0 aromatic heterocycles. The summed E-state index contributed by atoms with van der Waals surface area (Å²) in [6.45, 7) is 3.84. The van der Waals surface area contributed by atoms with Crippen LogP contribution in [0.1, 0.15) is 19.3 Å². The fourth-order valence-corrected chi connectivity index (χ4v) is 4.07. The van der Waals surface area contributed by atoms with E-state index in [0.29, 0.717) is 50.8 Å². The highest BCUT2D eigenvalue weighted by atomic mass is 16.5. The van der Waals surface area contributed by atoms with Crippen molar-refractivity contribution in [2.45, 2.75) is 25.4 Å². The third-order valence-corrected chi connectivity index (χ3v) is 5.90. The minimum absolute atomic E-state index is 0.0328. The second-order valence-electron chi connectivity index (χ2n) is 8.06. The molecular formula is C22H29N3O6. The van der Waals surface area contributed by atoms with E-state index in [1.54, 1.807) is 34.1 Å². The predicted octanol–water partition coefficient (Wildman–Crippen LogP) is 0.572. The molecule has 168 valence electrons. The van der Waals surface area contributed by atoms with E-state index >= 15 is 0 Å². The highest BCUT2D eigenvalue weighted by molar-refractivity contribution is 6.00. The van der Waals surface area contributed by atoms with Crippen LogP contribution >= 0.6 is 0 Å². The molecule has 0 spiro atoms. The van der Waals surface area contributed by atoms with Gasteiger partial charge in [0.2, 0.25) is 11.8 Å². The maximum Gasteiger partial charge on any atom is 0.260 e. The van der Waals surface area contributed by atoms with Crippen LogP contribution in [0, 0.1) is 5.92 Å². The van der Waals surface area contributed by atoms with Crippen LogP contribution in [0.3, 0.4) is 0 Å². The van der Waals surface area contributed by atoms with Gasteiger partial charge < -0.3 is 29.3 Å². The number of ether oxygens (including phenoxy) is 3. The molecular weight excluding hydrogens is 402 g/mol. The van der Waals surface area contributed by atoms with Crippen LogP contribution in [-0.2, 0) is 23.9 Å². The predicted molar refractivity (Wildman–Crippen MR) is 112 cm³/mol. The molecule has 0 saturated carbocycles. The molecule has 2 atom stereocenters. The zero-order chi connectivity index (χ0) is 21.6. The summed E-state index contributed by atoms with van der Waals surface area (Å²) >= 11 is 0. The van der Waals surface area contributed by atoms with Crippen LogP contribution in [0.25, 0.3) is 0 Å². The summed E-state index contributed by atoms with van der Waals surface area (Å²) in [5.41, 5.74) is 0.714. The molecule has 3 saturated heterocycles. The van der Waals surface area contributed by atoms with E-state index in [2.05, 4.69) is 5.32 Å². The lowest BCUT2D eigenvalue weighted by Gasteiger charge is -2.26. The molecule has 3 heterocycles. The summed E-state index contributed by atoms with van der Waals surface area (Å²) in [6.07, 6.45) is 2.27. The van der Waals surface area contributed by atoms with Gasteiger partial charge in [0.25, 0.3) is 5.91 Å². The van der Waals surface area contributed by atoms with Gasteiger partial charge in [-0.15, -0.1) is 0 Å². The summed E-state index contributed by atoms with van der Waals surface area (Å²) in [7, 11) is 0. The Morgan fingerprint density at radius 1 is 1.13 bits per heavy atom. The number of hydrogen-bond acceptors (Lipinski definition) is 6. The first-order valence-electron chi connectivity index (χ1n) is 10.9. The number of carbonyl (C=O) groups excluding carboxylic acids is 3. The number of nitrogens with one attached hydrogen (secondary N) is 1. The lowest BCUT2D eigenvalue weighted by atomic mass is 10.1. The molecule has 9 nitrogen and oxygen atoms in total. The first-order valence-corrected chi connectivity index (χ1v) is 10.9. The highest BCUT2D eigenvalue weighted by Crippen LogP contribution is 2.27. The van der Waals surface area contributed by atoms with E-state index in [0.717, 1.165) is 19.4 Å². The molecule has 0 aliphatic carbocycles. The van der Waals surface area contributed by atoms with E-state index in [4.69, 9.17) is 14.2 Å². The molecule has 0 radical (unpaired) electrons. The van der Waals surface area contributed by atoms with Crippen LogP contribution in [0.5, 0.6) is 5.75 Å². The summed E-state index contributed by atoms with van der Waals surface area (Å²) < 4.78 is 16.4. The Morgan fingerprint density at radius 3 is 2.61 bits per heavy atom. The first kappa shape index (κ1) is 21.6. The van der Waals surface area contributed by atoms with Gasteiger partial charge in [-0.3, -0.25) is 14.4 Å². The molecule has 3 fully saturated rings. The van der Waals surface area contributed by atoms with Crippen LogP contribution < -0.4 is 15.0 Å². The zero-order valence-corrected chi connectivity index (χ0v) is 17.6. The van der Waals surface area contributed by atoms with Gasteiger partial charge in [-0.1, -0.05) is 0 Å². The molecule has 0 bridgehead atoms. The molecule has 0 unspecified atom stereocenters. The van der Waals surface area contributed by atoms with Gasteiger partial charge in [0, 0.05) is 44.9 Å². The largest absolute Gasteiger partial charge is 0.484 e. The summed E-state index contributed by atoms with van der Waals surface area (Å²) in [5, 5.41) is 2.92. The van der Waals surface area contributed by atoms with Crippen molar-refractivity contribution >= 4 is 23.4 Å². The SMILES string of the molecule is O=C(NC[C@@H]1CCCO1)[C@@H]1CC(=O)N(c2ccc(OCC(=O)N3CCOCC3)cc2)C1. The Hall–Kier alpha value is -2.65. The van der Waals surface area contributed by atoms with Crippen molar-refractivity contribution in [1.29, 1.82) is 0 Å². The van der Waals surface area contributed by atoms with Gasteiger partial charge in [0.15, 0.2) is 6.61 Å². The Balaban J connectivity index is 1.25. The number of benzene rings is 1. The lowest BCUT2D eigenvalue weighted by Crippen LogP contribution is -2.42. The number of rotatable bonds is 7. The minimum Gasteiger partial charge on any atom is -0.484 e. The van der Waals surface area contributed by atoms with E-state index in [9.17, 15) is 14.4 Å². The van der Waals surface area contributed by atoms with Crippen molar-refractivity contribution in [2.24, 2.45) is 5.92 Å². The second-order valence-corrected chi connectivity index (χ2v) is 8.06. The van der Waals surface area contributed by atoms with Gasteiger partial charge in [-0.2, -0.15) is 0 Å². The molecule has 4 rings (SSSR count). The molecule has 3 aliphatic heterocycles. The molecule has 3 aliphatic rings. The maximum absolute atomic E-state index is 12.5. The molecule has 31 heavy (non-hydrogen) atoms. The third kappa shape index (κ3) is 5.54. The smallest absolute Gasteiger partial charge is 0.260 e. The van der Waals surface area contributed by atoms with E-state index in [1.165, 1.54) is 0 Å². The Labute approximate surface area is 181 Å². The van der Waals surface area contributed by atoms with Gasteiger partial charge in [-0.25, -0.2) is 0 Å². The van der Waals surface area contributed by atoms with Crippen LogP contribution in [0.4, 0.5) is 5.69 Å². The number of carbonyl (C=O) groups is 3. The van der Waals surface area contributed by atoms with Gasteiger partial charge in [0.05, 0.1) is 25.2 Å². The molecule has 9 heteroatoms. The Bertz CT molecular complexity index is 787. The molecule has 1 aromatic rings. The van der Waals surface area contributed by atoms with Crippen molar-refractivity contribution in [3.05, 3.63) is 24.3 Å². The topological polar surface area (TPSA) is 97.4 Å². The maximum atomic E-state index is 12.5. The van der Waals surface area contributed by atoms with Gasteiger partial charge in [0.1, 0.15) is 5.75 Å². The number of morpholine rings is 1. The molecule has 1 N–H and O–H groups in total. The summed E-state index contributed by atoms with van der Waals surface area (Å²) in [6, 6.07) is 7.03. The van der Waals surface area contributed by atoms with E-state index in [-0.39, 0.29) is 42.8 Å². The van der Waals surface area contributed by atoms with Crippen molar-refractivity contribution < 1.29 is 28.6 Å². The lowest BCUT2D eigenvalue weighted by molar-refractivity contribution is -0.137. The Kier molecular flexibility index (Phi) is 7.03. The number of amides is 3. The second kappa shape index (κ2) is 10.1. The van der Waals surface area contributed by atoms with Crippen molar-refractivity contribution in [2.75, 3.05) is 57.5 Å². The fraction of sp³-hybridized carbons (Fsp3) is 0.591. The summed E-state index contributed by atoms with van der Waals surface area (Å²) in [5.74, 6) is -0.0563. The van der Waals surface area contributed by atoms with Gasteiger partial charge >= 0.3 is 0 Å². The highest BCUT2D eigenvalue weighted by Gasteiger charge is 2.35. The summed E-state index contributed by atoms with van der Waals surface area (Å²) in [4.78, 5) is 40.4. The number of hydrogen-bond donors (Lipinski definition) is 1. The fourth-order valence-electron chi connectivity index (χ4n) is 4.07. The third-order valence-electron chi connectivity index (χ3n) is 5.90. The molecule has 1 aromatic carbocycles. The van der Waals surface area contributed by atoms with Crippen LogP contribution in [0.2, 0.25) is 0 Å². The van der Waals surface area contributed by atoms with Crippen LogP contribution in [0.15, 0.2) is 24.3 Å². The monoisotopic (exact) mass is 431 g/mol. The van der Waals surface area contributed by atoms with Crippen molar-refractivity contribution in [3.8, 4) is 5.75 Å². The standard InChI is InChI=1S/C22H29N3O6/c26-20-12-16(22(28)23-13-19-2-1-9-30-19)14-25(20)17-3-5-18(6-4-17)31-15-21(27)24-7-10-29-11-8-24/h3-6,16,19H,1-2,7-15H2,(H,23,28)/t16-,19+/m1/s1. The van der Waals surface area contributed by atoms with E-state index in [1.807, 2.05) is 0 Å². The number of nitrogens with zero attached hydrogens (tertiary/aromatic N) is 2. The minimum atomic E-state index is -0.365. The number of anilines is 1. The van der Waals surface area contributed by atoms with Crippen molar-refractivity contribution in [3.63, 3.8) is 0 Å². The van der Waals surface area contributed by atoms with E-state index < -0.39 is 0 Å². The van der Waals surface area contributed by atoms with Gasteiger partial charge in [-0.05, 0) is 37.1 Å². The average molecular weight is 431 g/mol. The quantitative estimate of drug-likeness (QED) is 0.678. The first-order chi connectivity index (χ1) is 15.1. The molecule has 3 amide bonds. The van der Waals surface area contributed by atoms with Crippen LogP contribution in [-0.4, -0.2) is 81.3 Å². The Morgan fingerprint density at radius 2 is 1.90 bits per heavy atom. The average Bonchev–Trinajstić information content (AvgIpc) is 3.46. The zero-order valence-electron chi connectivity index (χ0n) is 17.6.